The Morgan fingerprint density at radius 2 is 1.65 bits per heavy atom. The molecule has 3 N–H and O–H groups in total. The molecule has 0 atom stereocenters. The van der Waals surface area contributed by atoms with Gasteiger partial charge in [-0.05, 0) is 42.8 Å². The fourth-order valence-electron chi connectivity index (χ4n) is 3.94. The van der Waals surface area contributed by atoms with Gasteiger partial charge in [0.1, 0.15) is 0 Å². The topological polar surface area (TPSA) is 93.3 Å². The van der Waals surface area contributed by atoms with Crippen molar-refractivity contribution in [3.05, 3.63) is 93.0 Å². The molecule has 0 aliphatic heterocycles. The minimum absolute atomic E-state index is 0.0260. The van der Waals surface area contributed by atoms with Gasteiger partial charge in [-0.1, -0.05) is 46.3 Å². The number of aromatic carboxylic acids is 1. The fraction of sp³-hybridized carbons (Fsp3) is 0.0800. The zero-order chi connectivity index (χ0) is 24.8. The summed E-state index contributed by atoms with van der Waals surface area (Å²) in [4.78, 5) is 29.8. The van der Waals surface area contributed by atoms with Gasteiger partial charge in [0.25, 0.3) is 0 Å². The van der Waals surface area contributed by atoms with E-state index in [0.717, 1.165) is 12.1 Å². The molecule has 0 spiro atoms. The highest BCUT2D eigenvalue weighted by Gasteiger charge is 2.40. The highest BCUT2D eigenvalue weighted by molar-refractivity contribution is 9.10. The van der Waals surface area contributed by atoms with Gasteiger partial charge in [-0.2, -0.15) is 13.2 Å². The zero-order valence-corrected chi connectivity index (χ0v) is 19.2. The van der Waals surface area contributed by atoms with Crippen LogP contribution in [-0.2, 0) is 6.18 Å². The molecule has 5 nitrogen and oxygen atoms in total. The van der Waals surface area contributed by atoms with Crippen molar-refractivity contribution < 1.29 is 27.9 Å². The molecule has 1 aromatic heterocycles. The second kappa shape index (κ2) is 8.57. The highest BCUT2D eigenvalue weighted by Crippen LogP contribution is 2.40. The summed E-state index contributed by atoms with van der Waals surface area (Å²) in [5.41, 5.74) is 3.63. The second-order valence-electron chi connectivity index (χ2n) is 7.57. The quantitative estimate of drug-likeness (QED) is 0.233. The Morgan fingerprint density at radius 1 is 1.00 bits per heavy atom. The number of benzene rings is 3. The van der Waals surface area contributed by atoms with Crippen molar-refractivity contribution >= 4 is 44.3 Å². The van der Waals surface area contributed by atoms with E-state index in [0.29, 0.717) is 32.2 Å². The summed E-state index contributed by atoms with van der Waals surface area (Å²) >= 11 is 3.34. The number of rotatable bonds is 4. The van der Waals surface area contributed by atoms with Crippen LogP contribution in [0.1, 0.15) is 37.4 Å². The third-order valence-corrected chi connectivity index (χ3v) is 5.96. The first-order chi connectivity index (χ1) is 16.0. The molecule has 0 fully saturated rings. The third-order valence-electron chi connectivity index (χ3n) is 5.47. The van der Waals surface area contributed by atoms with E-state index >= 15 is 0 Å². The Bertz CT molecular complexity index is 1470. The molecule has 0 aliphatic carbocycles. The number of halogens is 4. The van der Waals surface area contributed by atoms with Gasteiger partial charge in [-0.25, -0.2) is 9.78 Å². The molecular weight excluding hydrogens is 513 g/mol. The molecule has 0 saturated carbocycles. The lowest BCUT2D eigenvalue weighted by molar-refractivity contribution is -0.137. The Hall–Kier alpha value is -3.72. The molecular formula is C25H16BrF3N2O3. The van der Waals surface area contributed by atoms with Gasteiger partial charge < -0.3 is 10.8 Å². The first kappa shape index (κ1) is 23.4. The number of pyridine rings is 1. The molecule has 172 valence electrons. The highest BCUT2D eigenvalue weighted by atomic mass is 79.9. The van der Waals surface area contributed by atoms with Crippen LogP contribution in [-0.4, -0.2) is 21.8 Å². The number of fused-ring (bicyclic) bond motifs is 1. The number of ketones is 1. The maximum Gasteiger partial charge on any atom is 0.419 e. The number of anilines is 1. The Morgan fingerprint density at radius 3 is 2.26 bits per heavy atom. The van der Waals surface area contributed by atoms with Crippen molar-refractivity contribution in [3.63, 3.8) is 0 Å². The predicted molar refractivity (Wildman–Crippen MR) is 126 cm³/mol. The van der Waals surface area contributed by atoms with Crippen LogP contribution >= 0.6 is 15.9 Å². The molecule has 9 heteroatoms. The van der Waals surface area contributed by atoms with E-state index in [1.54, 1.807) is 49.4 Å². The largest absolute Gasteiger partial charge is 0.478 e. The SMILES string of the molecule is Cc1c(-c2ccccc2)nc2ccc(Br)cc2c1C(=O)c1ccc(C(=O)O)c(N)c1C(F)(F)F. The first-order valence-electron chi connectivity index (χ1n) is 9.93. The lowest BCUT2D eigenvalue weighted by Crippen LogP contribution is -2.20. The number of carboxylic acid groups (broad SMARTS) is 1. The Balaban J connectivity index is 2.07. The van der Waals surface area contributed by atoms with E-state index in [2.05, 4.69) is 20.9 Å². The van der Waals surface area contributed by atoms with E-state index in [9.17, 15) is 27.9 Å². The van der Waals surface area contributed by atoms with Crippen molar-refractivity contribution in [3.8, 4) is 11.3 Å². The van der Waals surface area contributed by atoms with Gasteiger partial charge in [0.2, 0.25) is 0 Å². The van der Waals surface area contributed by atoms with E-state index < -0.39 is 40.3 Å². The van der Waals surface area contributed by atoms with Gasteiger partial charge >= 0.3 is 12.1 Å². The third kappa shape index (κ3) is 4.03. The molecule has 0 aliphatic rings. The number of carboxylic acids is 1. The first-order valence-corrected chi connectivity index (χ1v) is 10.7. The molecule has 4 rings (SSSR count). The van der Waals surface area contributed by atoms with Gasteiger partial charge in [0.15, 0.2) is 5.78 Å². The van der Waals surface area contributed by atoms with Crippen LogP contribution in [0.25, 0.3) is 22.2 Å². The van der Waals surface area contributed by atoms with E-state index in [1.807, 2.05) is 6.07 Å². The monoisotopic (exact) mass is 528 g/mol. The van der Waals surface area contributed by atoms with E-state index in [4.69, 9.17) is 5.73 Å². The summed E-state index contributed by atoms with van der Waals surface area (Å²) in [6.07, 6.45) is -5.06. The van der Waals surface area contributed by atoms with Crippen LogP contribution < -0.4 is 5.73 Å². The number of aromatic nitrogens is 1. The van der Waals surface area contributed by atoms with Crippen molar-refractivity contribution in [2.45, 2.75) is 13.1 Å². The number of hydrogen-bond donors (Lipinski definition) is 2. The lowest BCUT2D eigenvalue weighted by atomic mass is 9.89. The average molecular weight is 529 g/mol. The average Bonchev–Trinajstić information content (AvgIpc) is 2.77. The number of carbonyl (C=O) groups excluding carboxylic acids is 1. The van der Waals surface area contributed by atoms with Crippen LogP contribution in [0.5, 0.6) is 0 Å². The van der Waals surface area contributed by atoms with Crippen LogP contribution in [0.4, 0.5) is 18.9 Å². The summed E-state index contributed by atoms with van der Waals surface area (Å²) in [5, 5.41) is 9.59. The summed E-state index contributed by atoms with van der Waals surface area (Å²) in [6, 6.07) is 15.7. The van der Waals surface area contributed by atoms with E-state index in [-0.39, 0.29) is 5.56 Å². The van der Waals surface area contributed by atoms with Gasteiger partial charge in [-0.15, -0.1) is 0 Å². The minimum Gasteiger partial charge on any atom is -0.478 e. The molecule has 3 aromatic carbocycles. The van der Waals surface area contributed by atoms with Crippen LogP contribution in [0, 0.1) is 6.92 Å². The zero-order valence-electron chi connectivity index (χ0n) is 17.6. The van der Waals surface area contributed by atoms with Crippen LogP contribution in [0.3, 0.4) is 0 Å². The normalized spacial score (nSPS) is 11.6. The molecule has 0 bridgehead atoms. The standard InChI is InChI=1S/C25H16BrF3N2O3/c1-12-19(23(32)15-8-9-16(24(33)34)21(30)20(15)25(27,28)29)17-11-14(26)7-10-18(17)31-22(12)13-5-3-2-4-6-13/h2-11H,30H2,1H3,(H,33,34). The van der Waals surface area contributed by atoms with E-state index in [1.165, 1.54) is 0 Å². The number of carbonyl (C=O) groups is 2. The Kier molecular flexibility index (Phi) is 5.91. The Labute approximate surface area is 200 Å². The maximum atomic E-state index is 14.0. The van der Waals surface area contributed by atoms with Crippen molar-refractivity contribution in [1.82, 2.24) is 4.98 Å². The van der Waals surface area contributed by atoms with Gasteiger partial charge in [-0.3, -0.25) is 4.79 Å². The van der Waals surface area contributed by atoms with Crippen molar-refractivity contribution in [1.29, 1.82) is 0 Å². The predicted octanol–water partition coefficient (Wildman–Crippen LogP) is 6.50. The fourth-order valence-corrected chi connectivity index (χ4v) is 4.30. The second-order valence-corrected chi connectivity index (χ2v) is 8.48. The summed E-state index contributed by atoms with van der Waals surface area (Å²) in [6.45, 7) is 1.62. The number of hydrogen-bond acceptors (Lipinski definition) is 4. The summed E-state index contributed by atoms with van der Waals surface area (Å²) in [5.74, 6) is -2.56. The number of nitrogens with zero attached hydrogens (tertiary/aromatic N) is 1. The van der Waals surface area contributed by atoms with Gasteiger partial charge in [0, 0.05) is 26.5 Å². The number of nitrogens with two attached hydrogens (primary N) is 1. The lowest BCUT2D eigenvalue weighted by Gasteiger charge is -2.19. The van der Waals surface area contributed by atoms with Gasteiger partial charge in [0.05, 0.1) is 28.0 Å². The molecule has 34 heavy (non-hydrogen) atoms. The summed E-state index contributed by atoms with van der Waals surface area (Å²) < 4.78 is 42.6. The molecule has 0 saturated heterocycles. The van der Waals surface area contributed by atoms with Crippen molar-refractivity contribution in [2.24, 2.45) is 0 Å². The molecule has 4 aromatic rings. The minimum atomic E-state index is -5.06. The smallest absolute Gasteiger partial charge is 0.419 e. The summed E-state index contributed by atoms with van der Waals surface area (Å²) in [7, 11) is 0. The molecule has 1 heterocycles. The number of nitrogen functional groups attached to an aromatic ring is 1. The van der Waals surface area contributed by atoms with Crippen LogP contribution in [0.15, 0.2) is 65.1 Å². The van der Waals surface area contributed by atoms with Crippen LogP contribution in [0.2, 0.25) is 0 Å². The molecule has 0 amide bonds. The van der Waals surface area contributed by atoms with Crippen molar-refractivity contribution in [2.75, 3.05) is 5.73 Å². The molecule has 0 radical (unpaired) electrons. The maximum absolute atomic E-state index is 14.0. The number of alkyl halides is 3. The molecule has 0 unspecified atom stereocenters.